The van der Waals surface area contributed by atoms with E-state index in [2.05, 4.69) is 0 Å². The number of hydrogen-bond acceptors (Lipinski definition) is 5. The summed E-state index contributed by atoms with van der Waals surface area (Å²) in [7, 11) is 1.21. The van der Waals surface area contributed by atoms with Crippen LogP contribution in [-0.4, -0.2) is 48.4 Å². The first-order valence-corrected chi connectivity index (χ1v) is 8.32. The van der Waals surface area contributed by atoms with E-state index in [4.69, 9.17) is 14.2 Å². The Hall–Kier alpha value is -2.45. The highest BCUT2D eigenvalue weighted by molar-refractivity contribution is 5.82. The molecule has 9 heteroatoms. The van der Waals surface area contributed by atoms with Crippen molar-refractivity contribution in [3.05, 3.63) is 29.8 Å². The van der Waals surface area contributed by atoms with Crippen molar-refractivity contribution in [2.45, 2.75) is 51.1 Å². The van der Waals surface area contributed by atoms with Crippen LogP contribution in [0.25, 0.3) is 0 Å². The number of methoxy groups -OCH3 is 1. The third-order valence-electron chi connectivity index (χ3n) is 3.85. The molecule has 1 amide bonds. The molecule has 0 saturated carbocycles. The first-order chi connectivity index (χ1) is 12.4. The van der Waals surface area contributed by atoms with Crippen LogP contribution >= 0.6 is 0 Å². The minimum absolute atomic E-state index is 0.0513. The van der Waals surface area contributed by atoms with Crippen LogP contribution in [0.15, 0.2) is 24.3 Å². The van der Waals surface area contributed by atoms with Crippen molar-refractivity contribution in [3.63, 3.8) is 0 Å². The predicted molar refractivity (Wildman–Crippen MR) is 89.2 cm³/mol. The third kappa shape index (κ3) is 5.51. The molecule has 1 fully saturated rings. The molecule has 0 aromatic heterocycles. The quantitative estimate of drug-likeness (QED) is 0.739. The lowest BCUT2D eigenvalue weighted by atomic mass is 10.2. The molecule has 2 rings (SSSR count). The topological polar surface area (TPSA) is 65.1 Å². The summed E-state index contributed by atoms with van der Waals surface area (Å²) in [5.41, 5.74) is -1.53. The van der Waals surface area contributed by atoms with Crippen molar-refractivity contribution in [2.75, 3.05) is 13.7 Å². The lowest BCUT2D eigenvalue weighted by Gasteiger charge is -2.27. The minimum atomic E-state index is -4.44. The Morgan fingerprint density at radius 2 is 1.70 bits per heavy atom. The predicted octanol–water partition coefficient (Wildman–Crippen LogP) is 3.64. The van der Waals surface area contributed by atoms with Gasteiger partial charge in [-0.2, -0.15) is 13.2 Å². The summed E-state index contributed by atoms with van der Waals surface area (Å²) >= 11 is 0. The molecule has 0 aliphatic carbocycles. The summed E-state index contributed by atoms with van der Waals surface area (Å²) in [6.07, 6.45) is -5.56. The van der Waals surface area contributed by atoms with Gasteiger partial charge < -0.3 is 14.2 Å². The van der Waals surface area contributed by atoms with E-state index in [1.165, 1.54) is 24.1 Å². The molecule has 0 radical (unpaired) electrons. The van der Waals surface area contributed by atoms with E-state index in [-0.39, 0.29) is 18.7 Å². The summed E-state index contributed by atoms with van der Waals surface area (Å²) < 4.78 is 53.6. The molecule has 1 saturated heterocycles. The second-order valence-electron chi connectivity index (χ2n) is 7.17. The summed E-state index contributed by atoms with van der Waals surface area (Å²) in [6, 6.07) is 3.34. The van der Waals surface area contributed by atoms with Crippen molar-refractivity contribution < 1.29 is 37.0 Å². The fraction of sp³-hybridized carbons (Fsp3) is 0.556. The van der Waals surface area contributed by atoms with Gasteiger partial charge in [0.1, 0.15) is 23.5 Å². The lowest BCUT2D eigenvalue weighted by molar-refractivity contribution is -0.145. The van der Waals surface area contributed by atoms with Gasteiger partial charge in [0.05, 0.1) is 19.2 Å². The van der Waals surface area contributed by atoms with Gasteiger partial charge in [-0.05, 0) is 45.0 Å². The fourth-order valence-electron chi connectivity index (χ4n) is 2.68. The van der Waals surface area contributed by atoms with Crippen LogP contribution in [0.3, 0.4) is 0 Å². The Kier molecular flexibility index (Phi) is 5.91. The van der Waals surface area contributed by atoms with E-state index < -0.39 is 41.5 Å². The van der Waals surface area contributed by atoms with Crippen LogP contribution in [0, 0.1) is 0 Å². The van der Waals surface area contributed by atoms with E-state index in [1.807, 2.05) is 0 Å². The molecule has 150 valence electrons. The molecule has 0 unspecified atom stereocenters. The van der Waals surface area contributed by atoms with Crippen LogP contribution < -0.4 is 4.74 Å². The molecule has 0 N–H and O–H groups in total. The van der Waals surface area contributed by atoms with Crippen LogP contribution in [0.5, 0.6) is 5.75 Å². The van der Waals surface area contributed by atoms with E-state index in [0.29, 0.717) is 0 Å². The van der Waals surface area contributed by atoms with Crippen LogP contribution in [-0.2, 0) is 20.4 Å². The maximum atomic E-state index is 12.6. The van der Waals surface area contributed by atoms with Crippen molar-refractivity contribution in [1.82, 2.24) is 4.90 Å². The number of rotatable bonds is 3. The highest BCUT2D eigenvalue weighted by Gasteiger charge is 2.43. The molecule has 6 nitrogen and oxygen atoms in total. The summed E-state index contributed by atoms with van der Waals surface area (Å²) in [6.45, 7) is 5.15. The molecule has 2 atom stereocenters. The number of carbonyl (C=O) groups is 2. The number of hydrogen-bond donors (Lipinski definition) is 0. The zero-order valence-electron chi connectivity index (χ0n) is 15.5. The summed E-state index contributed by atoms with van der Waals surface area (Å²) in [4.78, 5) is 25.6. The van der Waals surface area contributed by atoms with Crippen molar-refractivity contribution in [1.29, 1.82) is 0 Å². The first kappa shape index (κ1) is 20.9. The van der Waals surface area contributed by atoms with Crippen LogP contribution in [0.4, 0.5) is 18.0 Å². The van der Waals surface area contributed by atoms with Crippen LogP contribution in [0.2, 0.25) is 0 Å². The molecule has 0 spiro atoms. The Morgan fingerprint density at radius 3 is 2.19 bits per heavy atom. The van der Waals surface area contributed by atoms with Gasteiger partial charge in [0, 0.05) is 6.42 Å². The van der Waals surface area contributed by atoms with Gasteiger partial charge >= 0.3 is 18.2 Å². The third-order valence-corrected chi connectivity index (χ3v) is 3.85. The standard InChI is InChI=1S/C18H22F3NO5/c1-17(2,3)27-16(24)22-10-13(9-14(22)15(23)25-4)26-12-7-5-11(6-8-12)18(19,20)21/h5-8,13-14H,9-10H2,1-4H3/t13-,14-/m1/s1. The van der Waals surface area contributed by atoms with Crippen LogP contribution in [0.1, 0.15) is 32.8 Å². The van der Waals surface area contributed by atoms with Gasteiger partial charge in [0.2, 0.25) is 0 Å². The monoisotopic (exact) mass is 389 g/mol. The highest BCUT2D eigenvalue weighted by Crippen LogP contribution is 2.31. The van der Waals surface area contributed by atoms with E-state index in [9.17, 15) is 22.8 Å². The number of nitrogens with zero attached hydrogens (tertiary/aromatic N) is 1. The average Bonchev–Trinajstić information content (AvgIpc) is 2.96. The van der Waals surface area contributed by atoms with Gasteiger partial charge in [-0.15, -0.1) is 0 Å². The zero-order valence-corrected chi connectivity index (χ0v) is 15.5. The minimum Gasteiger partial charge on any atom is -0.488 e. The fourth-order valence-corrected chi connectivity index (χ4v) is 2.68. The number of alkyl halides is 3. The number of halogens is 3. The lowest BCUT2D eigenvalue weighted by Crippen LogP contribution is -2.44. The number of ether oxygens (including phenoxy) is 3. The number of benzene rings is 1. The van der Waals surface area contributed by atoms with Crippen molar-refractivity contribution in [3.8, 4) is 5.75 Å². The van der Waals surface area contributed by atoms with E-state index in [0.717, 1.165) is 12.1 Å². The maximum Gasteiger partial charge on any atom is 0.416 e. The molecular weight excluding hydrogens is 367 g/mol. The second kappa shape index (κ2) is 7.66. The van der Waals surface area contributed by atoms with Gasteiger partial charge in [0.15, 0.2) is 0 Å². The Bertz CT molecular complexity index is 682. The van der Waals surface area contributed by atoms with Gasteiger partial charge in [-0.1, -0.05) is 0 Å². The molecule has 1 aliphatic heterocycles. The molecule has 27 heavy (non-hydrogen) atoms. The molecule has 0 bridgehead atoms. The number of likely N-dealkylation sites (tertiary alicyclic amines) is 1. The Labute approximate surface area is 155 Å². The van der Waals surface area contributed by atoms with Crippen molar-refractivity contribution in [2.24, 2.45) is 0 Å². The number of amides is 1. The second-order valence-corrected chi connectivity index (χ2v) is 7.17. The van der Waals surface area contributed by atoms with Crippen molar-refractivity contribution >= 4 is 12.1 Å². The Morgan fingerprint density at radius 1 is 1.11 bits per heavy atom. The Balaban J connectivity index is 2.10. The summed E-state index contributed by atoms with van der Waals surface area (Å²) in [5, 5.41) is 0. The molecule has 1 aromatic carbocycles. The highest BCUT2D eigenvalue weighted by atomic mass is 19.4. The molecule has 1 aliphatic rings. The molecule has 1 aromatic rings. The SMILES string of the molecule is COC(=O)[C@H]1C[C@@H](Oc2ccc(C(F)(F)F)cc2)CN1C(=O)OC(C)(C)C. The molecular formula is C18H22F3NO5. The largest absolute Gasteiger partial charge is 0.488 e. The van der Waals surface area contributed by atoms with E-state index in [1.54, 1.807) is 20.8 Å². The average molecular weight is 389 g/mol. The normalized spacial score (nSPS) is 20.3. The zero-order chi connectivity index (χ0) is 20.4. The van der Waals surface area contributed by atoms with E-state index >= 15 is 0 Å². The first-order valence-electron chi connectivity index (χ1n) is 8.32. The number of carbonyl (C=O) groups excluding carboxylic acids is 2. The summed E-state index contributed by atoms with van der Waals surface area (Å²) in [5.74, 6) is -0.401. The van der Waals surface area contributed by atoms with Gasteiger partial charge in [-0.25, -0.2) is 9.59 Å². The number of esters is 1. The van der Waals surface area contributed by atoms with Gasteiger partial charge in [-0.3, -0.25) is 4.90 Å². The maximum absolute atomic E-state index is 12.6. The van der Waals surface area contributed by atoms with Gasteiger partial charge in [0.25, 0.3) is 0 Å². The molecule has 1 heterocycles. The smallest absolute Gasteiger partial charge is 0.416 e.